The molecule has 4 aromatic rings. The topological polar surface area (TPSA) is 132 Å². The summed E-state index contributed by atoms with van der Waals surface area (Å²) in [4.78, 5) is 12.1. The lowest BCUT2D eigenvalue weighted by Gasteiger charge is -2.12. The number of nitrogens with one attached hydrogen (secondary N) is 1. The highest BCUT2D eigenvalue weighted by Crippen LogP contribution is 2.39. The van der Waals surface area contributed by atoms with Gasteiger partial charge in [0.05, 0.1) is 5.69 Å². The van der Waals surface area contributed by atoms with E-state index in [2.05, 4.69) is 14.9 Å². The third-order valence-electron chi connectivity index (χ3n) is 4.51. The van der Waals surface area contributed by atoms with Crippen LogP contribution in [0.2, 0.25) is 4.34 Å². The molecule has 0 aliphatic rings. The van der Waals surface area contributed by atoms with Gasteiger partial charge in [-0.1, -0.05) is 16.1 Å². The van der Waals surface area contributed by atoms with Gasteiger partial charge in [-0.3, -0.25) is 0 Å². The van der Waals surface area contributed by atoms with Crippen LogP contribution in [-0.4, -0.2) is 41.2 Å². The number of fused-ring (bicyclic) bond motifs is 1. The second-order valence-corrected chi connectivity index (χ2v) is 10.5. The maximum Gasteiger partial charge on any atom is 0.340 e. The highest BCUT2D eigenvalue weighted by Gasteiger charge is 2.24. The number of anilines is 1. The van der Waals surface area contributed by atoms with Crippen molar-refractivity contribution < 1.29 is 31.9 Å². The van der Waals surface area contributed by atoms with E-state index in [0.29, 0.717) is 15.6 Å². The fourth-order valence-corrected chi connectivity index (χ4v) is 4.05. The van der Waals surface area contributed by atoms with Crippen LogP contribution in [0.25, 0.3) is 22.3 Å². The molecular weight excluding hydrogens is 497 g/mol. The van der Waals surface area contributed by atoms with Crippen molar-refractivity contribution >= 4 is 55.6 Å². The SMILES string of the molecule is CS(=O)(=O)CNc1cc2oc(-c3ccc(F)cc3)c(C(=O)O)c2cc1OCc1nnsc1Cl. The fraction of sp³-hybridized carbons (Fsp3) is 0.150. The summed E-state index contributed by atoms with van der Waals surface area (Å²) in [5.74, 6) is -1.96. The molecule has 0 radical (unpaired) electrons. The standard InChI is InChI=1S/C20H15ClFN3O6S2/c1-33(28,29)9-23-13-7-15-12(6-16(13)30-8-14-19(21)32-25-24-14)17(20(26)27)18(31-15)10-2-4-11(22)5-3-10/h2-7,23H,8-9H2,1H3,(H,26,27). The zero-order chi connectivity index (χ0) is 23.8. The van der Waals surface area contributed by atoms with Gasteiger partial charge < -0.3 is 19.6 Å². The van der Waals surface area contributed by atoms with Crippen molar-refractivity contribution in [2.24, 2.45) is 0 Å². The minimum absolute atomic E-state index is 0.0236. The summed E-state index contributed by atoms with van der Waals surface area (Å²) >= 11 is 6.99. The monoisotopic (exact) mass is 511 g/mol. The van der Waals surface area contributed by atoms with E-state index in [0.717, 1.165) is 17.8 Å². The van der Waals surface area contributed by atoms with E-state index in [9.17, 15) is 22.7 Å². The lowest BCUT2D eigenvalue weighted by Crippen LogP contribution is -2.13. The Hall–Kier alpha value is -3.22. The number of aromatic nitrogens is 2. The van der Waals surface area contributed by atoms with E-state index in [4.69, 9.17) is 20.8 Å². The normalized spacial score (nSPS) is 11.6. The number of hydrogen-bond acceptors (Lipinski definition) is 9. The molecule has 0 unspecified atom stereocenters. The van der Waals surface area contributed by atoms with Crippen LogP contribution in [0.15, 0.2) is 40.8 Å². The summed E-state index contributed by atoms with van der Waals surface area (Å²) < 4.78 is 52.3. The number of furan rings is 1. The van der Waals surface area contributed by atoms with Gasteiger partial charge in [0.15, 0.2) is 9.84 Å². The zero-order valence-corrected chi connectivity index (χ0v) is 19.2. The lowest BCUT2D eigenvalue weighted by molar-refractivity contribution is 0.0699. The lowest BCUT2D eigenvalue weighted by atomic mass is 10.0. The second kappa shape index (κ2) is 8.96. The predicted molar refractivity (Wildman–Crippen MR) is 121 cm³/mol. The first-order valence-corrected chi connectivity index (χ1v) is 12.4. The van der Waals surface area contributed by atoms with Crippen LogP contribution in [0, 0.1) is 5.82 Å². The van der Waals surface area contributed by atoms with E-state index in [1.807, 2.05) is 0 Å². The number of nitrogens with zero attached hydrogens (tertiary/aromatic N) is 2. The molecule has 0 spiro atoms. The molecule has 2 heterocycles. The highest BCUT2D eigenvalue weighted by atomic mass is 35.5. The number of sulfone groups is 1. The molecule has 9 nitrogen and oxygen atoms in total. The minimum atomic E-state index is -3.39. The fourth-order valence-electron chi connectivity index (χ4n) is 3.04. The Morgan fingerprint density at radius 3 is 2.64 bits per heavy atom. The number of benzene rings is 2. The number of aromatic carboxylic acids is 1. The number of carbonyl (C=O) groups is 1. The predicted octanol–water partition coefficient (Wildman–Crippen LogP) is 4.44. The molecule has 0 atom stereocenters. The second-order valence-electron chi connectivity index (χ2n) is 6.99. The van der Waals surface area contributed by atoms with Crippen LogP contribution < -0.4 is 10.1 Å². The largest absolute Gasteiger partial charge is 0.485 e. The van der Waals surface area contributed by atoms with Gasteiger partial charge in [0.25, 0.3) is 0 Å². The summed E-state index contributed by atoms with van der Waals surface area (Å²) in [6.07, 6.45) is 1.06. The van der Waals surface area contributed by atoms with E-state index >= 15 is 0 Å². The zero-order valence-electron chi connectivity index (χ0n) is 16.8. The van der Waals surface area contributed by atoms with Crippen molar-refractivity contribution in [3.63, 3.8) is 0 Å². The Balaban J connectivity index is 1.83. The van der Waals surface area contributed by atoms with E-state index in [-0.39, 0.29) is 40.3 Å². The first kappa shape index (κ1) is 23.0. The third kappa shape index (κ3) is 5.07. The van der Waals surface area contributed by atoms with Gasteiger partial charge in [0.1, 0.15) is 51.0 Å². The Labute approximate surface area is 195 Å². The van der Waals surface area contributed by atoms with Crippen LogP contribution >= 0.6 is 23.1 Å². The molecule has 2 aromatic heterocycles. The van der Waals surface area contributed by atoms with Crippen LogP contribution in [0.1, 0.15) is 16.1 Å². The van der Waals surface area contributed by atoms with Gasteiger partial charge in [0, 0.05) is 34.8 Å². The summed E-state index contributed by atoms with van der Waals surface area (Å²) in [5, 5.41) is 16.7. The molecule has 172 valence electrons. The number of hydrogen-bond donors (Lipinski definition) is 2. The van der Waals surface area contributed by atoms with E-state index in [1.54, 1.807) is 0 Å². The smallest absolute Gasteiger partial charge is 0.340 e. The summed E-state index contributed by atoms with van der Waals surface area (Å²) in [7, 11) is -3.39. The van der Waals surface area contributed by atoms with Crippen LogP contribution in [0.4, 0.5) is 10.1 Å². The van der Waals surface area contributed by atoms with Crippen molar-refractivity contribution in [1.82, 2.24) is 9.59 Å². The number of carboxylic acid groups (broad SMARTS) is 1. The van der Waals surface area contributed by atoms with Crippen molar-refractivity contribution in [2.45, 2.75) is 6.61 Å². The number of ether oxygens (including phenoxy) is 1. The molecule has 0 amide bonds. The summed E-state index contributed by atoms with van der Waals surface area (Å²) in [6.45, 7) is -0.0839. The third-order valence-corrected chi connectivity index (χ3v) is 6.16. The maximum absolute atomic E-state index is 13.3. The first-order chi connectivity index (χ1) is 15.6. The molecule has 0 saturated carbocycles. The van der Waals surface area contributed by atoms with E-state index < -0.39 is 27.5 Å². The molecule has 0 fully saturated rings. The molecule has 0 aliphatic heterocycles. The van der Waals surface area contributed by atoms with Gasteiger partial charge in [0.2, 0.25) is 0 Å². The summed E-state index contributed by atoms with van der Waals surface area (Å²) in [5.41, 5.74) is 1.00. The molecule has 0 bridgehead atoms. The first-order valence-electron chi connectivity index (χ1n) is 9.23. The minimum Gasteiger partial charge on any atom is -0.485 e. The van der Waals surface area contributed by atoms with Crippen LogP contribution in [-0.2, 0) is 16.4 Å². The van der Waals surface area contributed by atoms with Gasteiger partial charge in [-0.25, -0.2) is 17.6 Å². The maximum atomic E-state index is 13.3. The molecule has 0 saturated heterocycles. The molecule has 0 aliphatic carbocycles. The van der Waals surface area contributed by atoms with Crippen LogP contribution in [0.3, 0.4) is 0 Å². The molecular formula is C20H15ClFN3O6S2. The molecule has 33 heavy (non-hydrogen) atoms. The van der Waals surface area contributed by atoms with Crippen molar-refractivity contribution in [3.05, 3.63) is 57.8 Å². The molecule has 2 aromatic carbocycles. The van der Waals surface area contributed by atoms with Gasteiger partial charge in [-0.15, -0.1) is 5.10 Å². The Bertz CT molecular complexity index is 1450. The number of halogens is 2. The van der Waals surface area contributed by atoms with Gasteiger partial charge >= 0.3 is 5.97 Å². The van der Waals surface area contributed by atoms with Crippen molar-refractivity contribution in [2.75, 3.05) is 17.4 Å². The summed E-state index contributed by atoms with van der Waals surface area (Å²) in [6, 6.07) is 8.04. The number of rotatable bonds is 8. The molecule has 2 N–H and O–H groups in total. The van der Waals surface area contributed by atoms with Gasteiger partial charge in [-0.05, 0) is 30.3 Å². The molecule has 13 heteroatoms. The molecule has 4 rings (SSSR count). The van der Waals surface area contributed by atoms with E-state index in [1.165, 1.54) is 36.4 Å². The van der Waals surface area contributed by atoms with Crippen molar-refractivity contribution in [3.8, 4) is 17.1 Å². The Kier molecular flexibility index (Phi) is 6.23. The quantitative estimate of drug-likeness (QED) is 0.352. The van der Waals surface area contributed by atoms with Crippen molar-refractivity contribution in [1.29, 1.82) is 0 Å². The Morgan fingerprint density at radius 1 is 1.30 bits per heavy atom. The Morgan fingerprint density at radius 2 is 2.03 bits per heavy atom. The highest BCUT2D eigenvalue weighted by molar-refractivity contribution is 7.90. The van der Waals surface area contributed by atoms with Gasteiger partial charge in [-0.2, -0.15) is 0 Å². The number of carboxylic acids is 1. The van der Waals surface area contributed by atoms with Crippen LogP contribution in [0.5, 0.6) is 5.75 Å². The average molecular weight is 512 g/mol. The average Bonchev–Trinajstić information content (AvgIpc) is 3.33.